The molecule has 0 bridgehead atoms. The molecule has 0 spiro atoms. The number of rotatable bonds is 4. The average molecular weight is 456 g/mol. The van der Waals surface area contributed by atoms with Crippen LogP contribution >= 0.6 is 31.9 Å². The molecular formula is C18H20Br2N2O2. The van der Waals surface area contributed by atoms with E-state index in [2.05, 4.69) is 44.1 Å². The Morgan fingerprint density at radius 2 is 1.96 bits per heavy atom. The predicted molar refractivity (Wildman–Crippen MR) is 102 cm³/mol. The minimum atomic E-state index is -0.306. The van der Waals surface area contributed by atoms with Crippen molar-refractivity contribution in [3.8, 4) is 11.8 Å². The first-order chi connectivity index (χ1) is 11.5. The lowest BCUT2D eigenvalue weighted by Gasteiger charge is -2.29. The van der Waals surface area contributed by atoms with E-state index in [1.54, 1.807) is 13.2 Å². The van der Waals surface area contributed by atoms with Crippen LogP contribution in [0.3, 0.4) is 0 Å². The number of nitrogens with zero attached hydrogens (tertiary/aromatic N) is 1. The molecule has 2 atom stereocenters. The second kappa shape index (κ2) is 8.68. The van der Waals surface area contributed by atoms with Crippen LogP contribution in [0, 0.1) is 17.2 Å². The van der Waals surface area contributed by atoms with Gasteiger partial charge in [-0.3, -0.25) is 4.79 Å². The Morgan fingerprint density at radius 3 is 2.50 bits per heavy atom. The molecule has 1 aromatic rings. The lowest BCUT2D eigenvalue weighted by atomic mass is 9.86. The molecule has 0 aromatic heterocycles. The van der Waals surface area contributed by atoms with Gasteiger partial charge in [-0.05, 0) is 74.4 Å². The lowest BCUT2D eigenvalue weighted by Crippen LogP contribution is -2.41. The molecule has 1 N–H and O–H groups in total. The summed E-state index contributed by atoms with van der Waals surface area (Å²) < 4.78 is 6.77. The summed E-state index contributed by atoms with van der Waals surface area (Å²) in [6.45, 7) is 2.15. The summed E-state index contributed by atoms with van der Waals surface area (Å²) in [5, 5.41) is 12.4. The molecule has 4 nitrogen and oxygen atoms in total. The van der Waals surface area contributed by atoms with Gasteiger partial charge in [-0.25, -0.2) is 0 Å². The second-order valence-electron chi connectivity index (χ2n) is 6.03. The number of carbonyl (C=O) groups excluding carboxylic acids is 1. The SMILES string of the molecule is COc1c(Br)cc(/C=C(\C#N)C(=O)N[C@@H]2CCCC[C@H]2C)cc1Br. The van der Waals surface area contributed by atoms with E-state index in [1.165, 1.54) is 6.42 Å². The Labute approximate surface area is 159 Å². The Kier molecular flexibility index (Phi) is 6.88. The lowest BCUT2D eigenvalue weighted by molar-refractivity contribution is -0.118. The molecule has 24 heavy (non-hydrogen) atoms. The summed E-state index contributed by atoms with van der Waals surface area (Å²) in [7, 11) is 1.58. The first-order valence-electron chi connectivity index (χ1n) is 7.92. The van der Waals surface area contributed by atoms with Crippen molar-refractivity contribution < 1.29 is 9.53 Å². The molecule has 2 rings (SSSR count). The zero-order chi connectivity index (χ0) is 17.7. The van der Waals surface area contributed by atoms with Gasteiger partial charge in [0, 0.05) is 6.04 Å². The number of benzene rings is 1. The molecule has 0 unspecified atom stereocenters. The van der Waals surface area contributed by atoms with Crippen LogP contribution in [0.2, 0.25) is 0 Å². The predicted octanol–water partition coefficient (Wildman–Crippen LogP) is 4.82. The van der Waals surface area contributed by atoms with E-state index in [4.69, 9.17) is 4.74 Å². The van der Waals surface area contributed by atoms with Gasteiger partial charge >= 0.3 is 0 Å². The first kappa shape index (κ1) is 19.0. The van der Waals surface area contributed by atoms with Crippen LogP contribution in [0.1, 0.15) is 38.2 Å². The van der Waals surface area contributed by atoms with E-state index >= 15 is 0 Å². The smallest absolute Gasteiger partial charge is 0.262 e. The zero-order valence-electron chi connectivity index (χ0n) is 13.7. The highest BCUT2D eigenvalue weighted by Gasteiger charge is 2.24. The van der Waals surface area contributed by atoms with E-state index in [-0.39, 0.29) is 17.5 Å². The number of carbonyl (C=O) groups is 1. The number of nitriles is 1. The molecule has 128 valence electrons. The minimum Gasteiger partial charge on any atom is -0.494 e. The summed E-state index contributed by atoms with van der Waals surface area (Å²) in [6, 6.07) is 5.79. The number of hydrogen-bond acceptors (Lipinski definition) is 3. The van der Waals surface area contributed by atoms with Gasteiger partial charge in [0.25, 0.3) is 5.91 Å². The largest absolute Gasteiger partial charge is 0.494 e. The average Bonchev–Trinajstić information content (AvgIpc) is 2.54. The molecule has 1 fully saturated rings. The number of ether oxygens (including phenoxy) is 1. The number of nitrogens with one attached hydrogen (secondary N) is 1. The number of halogens is 2. The van der Waals surface area contributed by atoms with E-state index in [0.717, 1.165) is 33.8 Å². The molecule has 1 amide bonds. The fourth-order valence-corrected chi connectivity index (χ4v) is 4.50. The molecule has 1 aromatic carbocycles. The topological polar surface area (TPSA) is 62.1 Å². The quantitative estimate of drug-likeness (QED) is 0.522. The fourth-order valence-electron chi connectivity index (χ4n) is 2.95. The molecule has 0 saturated heterocycles. The summed E-state index contributed by atoms with van der Waals surface area (Å²) in [4.78, 5) is 12.4. The van der Waals surface area contributed by atoms with E-state index < -0.39 is 0 Å². The van der Waals surface area contributed by atoms with Crippen LogP contribution in [0.5, 0.6) is 5.75 Å². The van der Waals surface area contributed by atoms with Crippen molar-refractivity contribution >= 4 is 43.8 Å². The van der Waals surface area contributed by atoms with E-state index in [9.17, 15) is 10.1 Å². The van der Waals surface area contributed by atoms with Crippen molar-refractivity contribution in [3.05, 3.63) is 32.2 Å². The van der Waals surface area contributed by atoms with Crippen molar-refractivity contribution in [1.29, 1.82) is 5.26 Å². The van der Waals surface area contributed by atoms with Crippen molar-refractivity contribution in [2.45, 2.75) is 38.6 Å². The third-order valence-electron chi connectivity index (χ3n) is 4.33. The van der Waals surface area contributed by atoms with Gasteiger partial charge < -0.3 is 10.1 Å². The third kappa shape index (κ3) is 4.61. The number of hydrogen-bond donors (Lipinski definition) is 1. The Bertz CT molecular complexity index is 672. The van der Waals surface area contributed by atoms with Crippen molar-refractivity contribution in [2.75, 3.05) is 7.11 Å². The fraction of sp³-hybridized carbons (Fsp3) is 0.444. The summed E-state index contributed by atoms with van der Waals surface area (Å²) in [5.74, 6) is 0.817. The monoisotopic (exact) mass is 454 g/mol. The van der Waals surface area contributed by atoms with Crippen molar-refractivity contribution in [3.63, 3.8) is 0 Å². The molecule has 1 aliphatic carbocycles. The minimum absolute atomic E-state index is 0.108. The normalized spacial score (nSPS) is 21.0. The van der Waals surface area contributed by atoms with Gasteiger partial charge in [-0.1, -0.05) is 19.8 Å². The van der Waals surface area contributed by atoms with Gasteiger partial charge in [-0.2, -0.15) is 5.26 Å². The van der Waals surface area contributed by atoms with Crippen LogP contribution in [0.4, 0.5) is 0 Å². The Balaban J connectivity index is 2.19. The van der Waals surface area contributed by atoms with E-state index in [0.29, 0.717) is 11.7 Å². The molecule has 0 heterocycles. The number of methoxy groups -OCH3 is 1. The van der Waals surface area contributed by atoms with Crippen LogP contribution < -0.4 is 10.1 Å². The maximum Gasteiger partial charge on any atom is 0.262 e. The van der Waals surface area contributed by atoms with Gasteiger partial charge in [0.2, 0.25) is 0 Å². The van der Waals surface area contributed by atoms with Crippen LogP contribution in [-0.2, 0) is 4.79 Å². The number of amides is 1. The highest BCUT2D eigenvalue weighted by atomic mass is 79.9. The second-order valence-corrected chi connectivity index (χ2v) is 7.74. The highest BCUT2D eigenvalue weighted by molar-refractivity contribution is 9.11. The summed E-state index contributed by atoms with van der Waals surface area (Å²) >= 11 is 6.85. The van der Waals surface area contributed by atoms with Crippen LogP contribution in [-0.4, -0.2) is 19.1 Å². The van der Waals surface area contributed by atoms with E-state index in [1.807, 2.05) is 18.2 Å². The molecule has 1 saturated carbocycles. The molecule has 1 aliphatic rings. The van der Waals surface area contributed by atoms with Crippen LogP contribution in [0.15, 0.2) is 26.7 Å². The summed E-state index contributed by atoms with van der Waals surface area (Å²) in [5.41, 5.74) is 0.856. The standard InChI is InChI=1S/C18H20Br2N2O2/c1-11-5-3-4-6-16(11)22-18(23)13(10-21)7-12-8-14(19)17(24-2)15(20)9-12/h7-9,11,16H,3-6H2,1-2H3,(H,22,23)/b13-7+/t11-,16-/m1/s1. The Hall–Kier alpha value is -1.32. The Morgan fingerprint density at radius 1 is 1.33 bits per heavy atom. The molecular weight excluding hydrogens is 436 g/mol. The molecule has 0 aliphatic heterocycles. The van der Waals surface area contributed by atoms with Gasteiger partial charge in [-0.15, -0.1) is 0 Å². The molecule has 0 radical (unpaired) electrons. The first-order valence-corrected chi connectivity index (χ1v) is 9.50. The van der Waals surface area contributed by atoms with Crippen molar-refractivity contribution in [2.24, 2.45) is 5.92 Å². The highest BCUT2D eigenvalue weighted by Crippen LogP contribution is 2.35. The third-order valence-corrected chi connectivity index (χ3v) is 5.51. The summed E-state index contributed by atoms with van der Waals surface area (Å²) in [6.07, 6.45) is 6.03. The van der Waals surface area contributed by atoms with Gasteiger partial charge in [0.15, 0.2) is 0 Å². The maximum atomic E-state index is 12.4. The van der Waals surface area contributed by atoms with Gasteiger partial charge in [0.1, 0.15) is 17.4 Å². The zero-order valence-corrected chi connectivity index (χ0v) is 16.9. The van der Waals surface area contributed by atoms with Crippen molar-refractivity contribution in [1.82, 2.24) is 5.32 Å². The van der Waals surface area contributed by atoms with Gasteiger partial charge in [0.05, 0.1) is 16.1 Å². The molecule has 6 heteroatoms. The maximum absolute atomic E-state index is 12.4. The van der Waals surface area contributed by atoms with Crippen LogP contribution in [0.25, 0.3) is 6.08 Å².